The van der Waals surface area contributed by atoms with Crippen LogP contribution in [0, 0.1) is 6.92 Å². The number of hydrogen-bond donors (Lipinski definition) is 3. The molecule has 0 bridgehead atoms. The van der Waals surface area contributed by atoms with Crippen molar-refractivity contribution in [1.82, 2.24) is 24.8 Å². The summed E-state index contributed by atoms with van der Waals surface area (Å²) < 4.78 is 5.46. The van der Waals surface area contributed by atoms with Gasteiger partial charge in [0, 0.05) is 41.8 Å². The van der Waals surface area contributed by atoms with Crippen molar-refractivity contribution < 1.29 is 14.6 Å². The standard InChI is InChI=1S/C34H39N5O3/c1-22(40)7-6-14-38-15-16-39(33(41)19-28-23(2)36-30-13-12-27(42-3)18-29(28)30)32(21-38)34-35-20-31(37-34)26-11-10-24-8-4-5-9-25(24)17-26/h4-5,8-13,17-18,20,22,32,36,40H,6-7,14-16,19,21H2,1-3H3,(H,35,37). The van der Waals surface area contributed by atoms with Crippen molar-refractivity contribution in [3.05, 3.63) is 83.9 Å². The third kappa shape index (κ3) is 5.78. The maximum atomic E-state index is 14.0. The first-order valence-electron chi connectivity index (χ1n) is 14.8. The zero-order chi connectivity index (χ0) is 29.2. The summed E-state index contributed by atoms with van der Waals surface area (Å²) in [6, 6.07) is 20.5. The van der Waals surface area contributed by atoms with Gasteiger partial charge in [-0.1, -0.05) is 36.4 Å². The Labute approximate surface area is 246 Å². The summed E-state index contributed by atoms with van der Waals surface area (Å²) in [5, 5.41) is 13.2. The molecule has 1 saturated heterocycles. The smallest absolute Gasteiger partial charge is 0.227 e. The number of aryl methyl sites for hydroxylation is 1. The number of carbonyl (C=O) groups is 1. The molecular formula is C34H39N5O3. The highest BCUT2D eigenvalue weighted by atomic mass is 16.5. The number of nitrogens with zero attached hydrogens (tertiary/aromatic N) is 3. The highest BCUT2D eigenvalue weighted by molar-refractivity contribution is 5.91. The van der Waals surface area contributed by atoms with Gasteiger partial charge in [0.2, 0.25) is 5.91 Å². The molecule has 2 atom stereocenters. The number of benzene rings is 3. The maximum Gasteiger partial charge on any atom is 0.227 e. The van der Waals surface area contributed by atoms with Crippen molar-refractivity contribution in [2.24, 2.45) is 0 Å². The summed E-state index contributed by atoms with van der Waals surface area (Å²) in [6.45, 7) is 6.84. The van der Waals surface area contributed by atoms with Crippen molar-refractivity contribution >= 4 is 27.6 Å². The number of aliphatic hydroxyl groups is 1. The minimum Gasteiger partial charge on any atom is -0.497 e. The third-order valence-corrected chi connectivity index (χ3v) is 8.51. The molecule has 0 aliphatic carbocycles. The maximum absolute atomic E-state index is 14.0. The summed E-state index contributed by atoms with van der Waals surface area (Å²) in [6.07, 6.45) is 3.55. The number of nitrogens with one attached hydrogen (secondary N) is 2. The van der Waals surface area contributed by atoms with Gasteiger partial charge >= 0.3 is 0 Å². The lowest BCUT2D eigenvalue weighted by molar-refractivity contribution is -0.135. The van der Waals surface area contributed by atoms with E-state index in [1.165, 1.54) is 10.8 Å². The number of fused-ring (bicyclic) bond motifs is 2. The second-order valence-corrected chi connectivity index (χ2v) is 11.5. The quantitative estimate of drug-likeness (QED) is 0.216. The SMILES string of the molecule is COc1ccc2[nH]c(C)c(CC(=O)N3CCN(CCCC(C)O)CC3c3ncc(-c4ccc5ccccc5c4)[nH]3)c2c1. The van der Waals surface area contributed by atoms with E-state index in [0.717, 1.165) is 70.9 Å². The van der Waals surface area contributed by atoms with Crippen LogP contribution in [0.25, 0.3) is 32.9 Å². The molecule has 1 amide bonds. The monoisotopic (exact) mass is 565 g/mol. The first-order valence-corrected chi connectivity index (χ1v) is 14.8. The normalized spacial score (nSPS) is 16.8. The van der Waals surface area contributed by atoms with Crippen LogP contribution in [0.3, 0.4) is 0 Å². The Morgan fingerprint density at radius 3 is 2.74 bits per heavy atom. The minimum atomic E-state index is -0.309. The molecule has 8 nitrogen and oxygen atoms in total. The molecule has 3 heterocycles. The van der Waals surface area contributed by atoms with Crippen LogP contribution in [-0.4, -0.2) is 75.2 Å². The van der Waals surface area contributed by atoms with Crippen molar-refractivity contribution in [1.29, 1.82) is 0 Å². The molecule has 1 fully saturated rings. The first-order chi connectivity index (χ1) is 20.4. The summed E-state index contributed by atoms with van der Waals surface area (Å²) in [7, 11) is 1.66. The van der Waals surface area contributed by atoms with Gasteiger partial charge in [-0.3, -0.25) is 9.69 Å². The number of rotatable bonds is 9. The minimum absolute atomic E-state index is 0.0825. The average Bonchev–Trinajstić information content (AvgIpc) is 3.61. The summed E-state index contributed by atoms with van der Waals surface area (Å²) >= 11 is 0. The number of hydrogen-bond acceptors (Lipinski definition) is 5. The highest BCUT2D eigenvalue weighted by Gasteiger charge is 2.34. The lowest BCUT2D eigenvalue weighted by atomic mass is 10.0. The number of aromatic amines is 2. The second kappa shape index (κ2) is 12.0. The fourth-order valence-corrected chi connectivity index (χ4v) is 6.16. The van der Waals surface area contributed by atoms with Crippen LogP contribution >= 0.6 is 0 Å². The molecule has 0 spiro atoms. The molecule has 1 aliphatic rings. The molecule has 6 rings (SSSR count). The zero-order valence-corrected chi connectivity index (χ0v) is 24.6. The molecule has 5 aromatic rings. The van der Waals surface area contributed by atoms with E-state index in [4.69, 9.17) is 9.72 Å². The lowest BCUT2D eigenvalue weighted by Crippen LogP contribution is -2.51. The van der Waals surface area contributed by atoms with Crippen molar-refractivity contribution in [3.63, 3.8) is 0 Å². The predicted molar refractivity (Wildman–Crippen MR) is 167 cm³/mol. The Bertz CT molecular complexity index is 1700. The number of H-pyrrole nitrogens is 2. The van der Waals surface area contributed by atoms with Gasteiger partial charge in [0.05, 0.1) is 31.5 Å². The van der Waals surface area contributed by atoms with Crippen molar-refractivity contribution in [2.75, 3.05) is 33.3 Å². The molecule has 2 aromatic heterocycles. The Kier molecular flexibility index (Phi) is 8.00. The van der Waals surface area contributed by atoms with Gasteiger partial charge in [0.1, 0.15) is 17.6 Å². The molecule has 3 N–H and O–H groups in total. The number of carbonyl (C=O) groups excluding carboxylic acids is 1. The molecule has 2 unspecified atom stereocenters. The van der Waals surface area contributed by atoms with Gasteiger partial charge in [-0.05, 0) is 73.8 Å². The van der Waals surface area contributed by atoms with Gasteiger partial charge < -0.3 is 24.7 Å². The van der Waals surface area contributed by atoms with E-state index in [2.05, 4.69) is 45.2 Å². The lowest BCUT2D eigenvalue weighted by Gasteiger charge is -2.40. The van der Waals surface area contributed by atoms with Gasteiger partial charge in [-0.25, -0.2) is 4.98 Å². The fraction of sp³-hybridized carbons (Fsp3) is 0.353. The number of methoxy groups -OCH3 is 1. The number of aromatic nitrogens is 3. The Hall–Kier alpha value is -4.14. The second-order valence-electron chi connectivity index (χ2n) is 11.5. The molecular weight excluding hydrogens is 526 g/mol. The average molecular weight is 566 g/mol. The van der Waals surface area contributed by atoms with Crippen LogP contribution in [0.5, 0.6) is 5.75 Å². The van der Waals surface area contributed by atoms with E-state index in [0.29, 0.717) is 19.5 Å². The van der Waals surface area contributed by atoms with Gasteiger partial charge in [-0.2, -0.15) is 0 Å². The summed E-state index contributed by atoms with van der Waals surface area (Å²) in [4.78, 5) is 30.2. The van der Waals surface area contributed by atoms with E-state index in [1.807, 2.05) is 55.3 Å². The number of piperazine rings is 1. The van der Waals surface area contributed by atoms with Crippen molar-refractivity contribution in [2.45, 2.75) is 45.3 Å². The Morgan fingerprint density at radius 1 is 1.10 bits per heavy atom. The molecule has 0 saturated carbocycles. The van der Waals surface area contributed by atoms with Gasteiger partial charge in [0.15, 0.2) is 0 Å². The number of imidazole rings is 1. The Morgan fingerprint density at radius 2 is 1.93 bits per heavy atom. The van der Waals surface area contributed by atoms with E-state index in [9.17, 15) is 9.90 Å². The number of ether oxygens (including phenoxy) is 1. The topological polar surface area (TPSA) is 97.5 Å². The largest absolute Gasteiger partial charge is 0.497 e. The molecule has 3 aromatic carbocycles. The van der Waals surface area contributed by atoms with Crippen LogP contribution in [0.2, 0.25) is 0 Å². The van der Waals surface area contributed by atoms with Crippen LogP contribution in [0.1, 0.15) is 42.9 Å². The van der Waals surface area contributed by atoms with Crippen LogP contribution in [0.4, 0.5) is 0 Å². The predicted octanol–water partition coefficient (Wildman–Crippen LogP) is 5.62. The third-order valence-electron chi connectivity index (χ3n) is 8.51. The fourth-order valence-electron chi connectivity index (χ4n) is 6.16. The van der Waals surface area contributed by atoms with E-state index < -0.39 is 0 Å². The van der Waals surface area contributed by atoms with Crippen LogP contribution in [-0.2, 0) is 11.2 Å². The van der Waals surface area contributed by atoms with Crippen LogP contribution in [0.15, 0.2) is 66.9 Å². The van der Waals surface area contributed by atoms with E-state index >= 15 is 0 Å². The van der Waals surface area contributed by atoms with E-state index in [1.54, 1.807) is 7.11 Å². The zero-order valence-electron chi connectivity index (χ0n) is 24.6. The van der Waals surface area contributed by atoms with Gasteiger partial charge in [-0.15, -0.1) is 0 Å². The number of aliphatic hydroxyl groups excluding tert-OH is 1. The van der Waals surface area contributed by atoms with Crippen molar-refractivity contribution in [3.8, 4) is 17.0 Å². The van der Waals surface area contributed by atoms with E-state index in [-0.39, 0.29) is 18.1 Å². The molecule has 8 heteroatoms. The molecule has 0 radical (unpaired) electrons. The molecule has 42 heavy (non-hydrogen) atoms. The number of amides is 1. The molecule has 1 aliphatic heterocycles. The van der Waals surface area contributed by atoms with Crippen LogP contribution < -0.4 is 4.74 Å². The molecule has 218 valence electrons. The Balaban J connectivity index is 1.28. The van der Waals surface area contributed by atoms with Gasteiger partial charge in [0.25, 0.3) is 0 Å². The summed E-state index contributed by atoms with van der Waals surface area (Å²) in [5.74, 6) is 1.65. The highest BCUT2D eigenvalue weighted by Crippen LogP contribution is 2.31. The summed E-state index contributed by atoms with van der Waals surface area (Å²) in [5.41, 5.74) is 5.01. The first kappa shape index (κ1) is 28.0.